The molecule has 2 aromatic carbocycles. The van der Waals surface area contributed by atoms with Gasteiger partial charge in [-0.1, -0.05) is 35.2 Å². The number of aromatic hydroxyl groups is 1. The molecule has 0 bridgehead atoms. The minimum absolute atomic E-state index is 0.0112. The number of nitrogens with zero attached hydrogens (tertiary/aromatic N) is 2. The van der Waals surface area contributed by atoms with E-state index in [1.807, 2.05) is 0 Å². The molecule has 0 fully saturated rings. The van der Waals surface area contributed by atoms with Crippen LogP contribution in [0.1, 0.15) is 0 Å². The lowest BCUT2D eigenvalue weighted by molar-refractivity contribution is -0.113. The van der Waals surface area contributed by atoms with E-state index in [0.717, 1.165) is 0 Å². The number of benzene rings is 2. The first kappa shape index (κ1) is 17.6. The van der Waals surface area contributed by atoms with Crippen molar-refractivity contribution in [3.63, 3.8) is 0 Å². The van der Waals surface area contributed by atoms with E-state index in [-0.39, 0.29) is 23.2 Å². The largest absolute Gasteiger partial charge is 0.506 e. The van der Waals surface area contributed by atoms with E-state index in [0.29, 0.717) is 19.7 Å². The van der Waals surface area contributed by atoms with Gasteiger partial charge in [-0.3, -0.25) is 4.79 Å². The van der Waals surface area contributed by atoms with Crippen LogP contribution in [0.3, 0.4) is 0 Å². The molecule has 0 aliphatic carbocycles. The molecule has 0 atom stereocenters. The fourth-order valence-electron chi connectivity index (χ4n) is 1.96. The van der Waals surface area contributed by atoms with Gasteiger partial charge in [0.05, 0.1) is 17.1 Å². The number of para-hydroxylation sites is 2. The van der Waals surface area contributed by atoms with Crippen molar-refractivity contribution in [2.45, 2.75) is 4.34 Å². The van der Waals surface area contributed by atoms with E-state index in [1.54, 1.807) is 30.3 Å². The van der Waals surface area contributed by atoms with Gasteiger partial charge in [0.25, 0.3) is 0 Å². The summed E-state index contributed by atoms with van der Waals surface area (Å²) in [5, 5.41) is 16.6. The average Bonchev–Trinajstić information content (AvgIpc) is 2.97. The number of thioether (sulfide) groups is 1. The van der Waals surface area contributed by atoms with Gasteiger partial charge in [-0.2, -0.15) is 0 Å². The van der Waals surface area contributed by atoms with Crippen molar-refractivity contribution in [2.24, 2.45) is 0 Å². The summed E-state index contributed by atoms with van der Waals surface area (Å²) in [6, 6.07) is 12.4. The fourth-order valence-corrected chi connectivity index (χ4v) is 4.12. The van der Waals surface area contributed by atoms with Crippen LogP contribution in [0.15, 0.2) is 52.9 Å². The lowest BCUT2D eigenvalue weighted by Crippen LogP contribution is -2.14. The van der Waals surface area contributed by atoms with Crippen LogP contribution in [-0.2, 0) is 4.79 Å². The second-order valence-electron chi connectivity index (χ2n) is 4.88. The molecular weight excluding hydrogens is 381 g/mol. The Morgan fingerprint density at radius 1 is 1.28 bits per heavy atom. The fraction of sp³-hybridized carbons (Fsp3) is 0.0625. The number of carbonyl (C=O) groups excluding carboxylic acids is 1. The summed E-state index contributed by atoms with van der Waals surface area (Å²) in [5.41, 5.74) is 1.02. The Balaban J connectivity index is 1.65. The molecule has 5 nitrogen and oxygen atoms in total. The molecule has 2 N–H and O–H groups in total. The number of aromatic nitrogens is 2. The minimum Gasteiger partial charge on any atom is -0.506 e. The van der Waals surface area contributed by atoms with Crippen molar-refractivity contribution in [1.29, 1.82) is 0 Å². The van der Waals surface area contributed by atoms with Crippen molar-refractivity contribution in [2.75, 3.05) is 11.1 Å². The summed E-state index contributed by atoms with van der Waals surface area (Å²) in [4.78, 5) is 12.0. The van der Waals surface area contributed by atoms with Gasteiger partial charge in [0.2, 0.25) is 5.91 Å². The number of amides is 1. The highest BCUT2D eigenvalue weighted by atomic mass is 32.2. The number of phenolic OH excluding ortho intramolecular Hbond substituents is 1. The molecule has 128 valence electrons. The van der Waals surface area contributed by atoms with Crippen LogP contribution in [0.4, 0.5) is 10.1 Å². The number of anilines is 1. The predicted octanol–water partition coefficient (Wildman–Crippen LogP) is 4.24. The third kappa shape index (κ3) is 4.44. The maximum absolute atomic E-state index is 13.0. The molecule has 9 heteroatoms. The Morgan fingerprint density at radius 2 is 2.00 bits per heavy atom. The Kier molecular flexibility index (Phi) is 5.47. The zero-order valence-corrected chi connectivity index (χ0v) is 15.1. The molecule has 3 aromatic rings. The van der Waals surface area contributed by atoms with Crippen molar-refractivity contribution >= 4 is 46.9 Å². The Hall–Kier alpha value is -2.23. The Bertz CT molecular complexity index is 954. The van der Waals surface area contributed by atoms with E-state index < -0.39 is 0 Å². The molecule has 0 saturated carbocycles. The van der Waals surface area contributed by atoms with Gasteiger partial charge in [-0.05, 0) is 48.6 Å². The first-order valence-electron chi connectivity index (χ1n) is 7.09. The molecular formula is C16H12FN3O2S3. The summed E-state index contributed by atoms with van der Waals surface area (Å²) in [6.07, 6.45) is 0. The van der Waals surface area contributed by atoms with Crippen LogP contribution in [-0.4, -0.2) is 26.5 Å². The first-order chi connectivity index (χ1) is 12.0. The van der Waals surface area contributed by atoms with E-state index in [9.17, 15) is 14.3 Å². The quantitative estimate of drug-likeness (QED) is 0.386. The zero-order valence-electron chi connectivity index (χ0n) is 12.7. The molecule has 3 rings (SSSR count). The van der Waals surface area contributed by atoms with E-state index in [1.165, 1.54) is 46.0 Å². The minimum atomic E-state index is -0.332. The number of halogens is 1. The SMILES string of the molecule is O=C(CSc1nn(-c2ccc(F)cc2)c(=S)s1)Nc1ccccc1O. The molecule has 1 aromatic heterocycles. The van der Waals surface area contributed by atoms with Gasteiger partial charge in [0, 0.05) is 0 Å². The molecule has 0 saturated heterocycles. The van der Waals surface area contributed by atoms with Crippen molar-refractivity contribution in [3.05, 3.63) is 58.3 Å². The number of nitrogens with one attached hydrogen (secondary N) is 1. The van der Waals surface area contributed by atoms with Gasteiger partial charge in [-0.25, -0.2) is 9.07 Å². The molecule has 0 radical (unpaired) electrons. The molecule has 25 heavy (non-hydrogen) atoms. The monoisotopic (exact) mass is 393 g/mol. The second kappa shape index (κ2) is 7.77. The second-order valence-corrected chi connectivity index (χ2v) is 7.72. The van der Waals surface area contributed by atoms with Gasteiger partial charge in [0.1, 0.15) is 11.6 Å². The normalized spacial score (nSPS) is 10.6. The molecule has 0 spiro atoms. The summed E-state index contributed by atoms with van der Waals surface area (Å²) < 4.78 is 15.7. The van der Waals surface area contributed by atoms with Crippen LogP contribution in [0.2, 0.25) is 0 Å². The summed E-state index contributed by atoms with van der Waals surface area (Å²) in [7, 11) is 0. The van der Waals surface area contributed by atoms with E-state index in [4.69, 9.17) is 12.2 Å². The molecule has 0 aliphatic rings. The lowest BCUT2D eigenvalue weighted by Gasteiger charge is -2.05. The first-order valence-corrected chi connectivity index (χ1v) is 9.31. The maximum atomic E-state index is 13.0. The Morgan fingerprint density at radius 3 is 2.72 bits per heavy atom. The highest BCUT2D eigenvalue weighted by Gasteiger charge is 2.10. The summed E-state index contributed by atoms with van der Waals surface area (Å²) in [5.74, 6) is -0.459. The van der Waals surface area contributed by atoms with Gasteiger partial charge in [-0.15, -0.1) is 5.10 Å². The number of rotatable bonds is 5. The molecule has 1 amide bonds. The van der Waals surface area contributed by atoms with E-state index >= 15 is 0 Å². The van der Waals surface area contributed by atoms with Crippen LogP contribution < -0.4 is 5.32 Å². The highest BCUT2D eigenvalue weighted by Crippen LogP contribution is 2.25. The maximum Gasteiger partial charge on any atom is 0.234 e. The third-order valence-corrected chi connectivity index (χ3v) is 5.47. The zero-order chi connectivity index (χ0) is 17.8. The lowest BCUT2D eigenvalue weighted by atomic mass is 10.3. The van der Waals surface area contributed by atoms with Gasteiger partial charge in [0.15, 0.2) is 8.29 Å². The van der Waals surface area contributed by atoms with Gasteiger partial charge < -0.3 is 10.4 Å². The third-order valence-electron chi connectivity index (χ3n) is 3.11. The number of carbonyl (C=O) groups is 1. The van der Waals surface area contributed by atoms with E-state index in [2.05, 4.69) is 10.4 Å². The van der Waals surface area contributed by atoms with Crippen LogP contribution in [0.25, 0.3) is 5.69 Å². The number of hydrogen-bond donors (Lipinski definition) is 2. The van der Waals surface area contributed by atoms with Crippen molar-refractivity contribution in [1.82, 2.24) is 9.78 Å². The van der Waals surface area contributed by atoms with Crippen molar-refractivity contribution in [3.8, 4) is 11.4 Å². The Labute approximate surface area is 156 Å². The summed E-state index contributed by atoms with van der Waals surface area (Å²) in [6.45, 7) is 0. The van der Waals surface area contributed by atoms with Crippen molar-refractivity contribution < 1.29 is 14.3 Å². The molecule has 1 heterocycles. The predicted molar refractivity (Wildman–Crippen MR) is 99.7 cm³/mol. The van der Waals surface area contributed by atoms with Crippen LogP contribution in [0.5, 0.6) is 5.75 Å². The standard InChI is InChI=1S/C16H12FN3O2S3/c17-10-5-7-11(8-6-10)20-16(23)25-15(19-20)24-9-14(22)18-12-3-1-2-4-13(12)21/h1-8,21H,9H2,(H,18,22). The summed E-state index contributed by atoms with van der Waals surface area (Å²) >= 11 is 7.78. The topological polar surface area (TPSA) is 67.2 Å². The highest BCUT2D eigenvalue weighted by molar-refractivity contribution is 8.01. The smallest absolute Gasteiger partial charge is 0.234 e. The molecule has 0 unspecified atom stereocenters. The van der Waals surface area contributed by atoms with Crippen LogP contribution in [0, 0.1) is 9.77 Å². The van der Waals surface area contributed by atoms with Crippen LogP contribution >= 0.6 is 35.3 Å². The molecule has 0 aliphatic heterocycles. The number of hydrogen-bond acceptors (Lipinski definition) is 6. The number of phenols is 1. The van der Waals surface area contributed by atoms with Gasteiger partial charge >= 0.3 is 0 Å². The average molecular weight is 393 g/mol.